The minimum absolute atomic E-state index is 0.0321. The van der Waals surface area contributed by atoms with Crippen molar-refractivity contribution in [3.63, 3.8) is 0 Å². The number of nitrogens with zero attached hydrogens (tertiary/aromatic N) is 3. The molecule has 0 spiro atoms. The van der Waals surface area contributed by atoms with Crippen LogP contribution in [0.4, 0.5) is 13.2 Å². The fourth-order valence-corrected chi connectivity index (χ4v) is 5.62. The Morgan fingerprint density at radius 2 is 2.00 bits per heavy atom. The Bertz CT molecular complexity index is 1640. The SMILES string of the molecule is COC(=O)c1ccc2nc(CN3CCc4cc(C(F)F)c(OCc5ccc(Cl)cc5F)cc4C3)n(C[C@@H]3CCO3)c2c1. The number of halogens is 4. The van der Waals surface area contributed by atoms with Crippen LogP contribution in [0.25, 0.3) is 11.0 Å². The highest BCUT2D eigenvalue weighted by Crippen LogP contribution is 2.35. The van der Waals surface area contributed by atoms with Crippen LogP contribution < -0.4 is 4.74 Å². The summed E-state index contributed by atoms with van der Waals surface area (Å²) in [5.41, 5.74) is 3.76. The van der Waals surface area contributed by atoms with E-state index in [1.165, 1.54) is 31.4 Å². The maximum Gasteiger partial charge on any atom is 0.337 e. The van der Waals surface area contributed by atoms with Crippen LogP contribution in [0, 0.1) is 5.82 Å². The first-order chi connectivity index (χ1) is 20.3. The van der Waals surface area contributed by atoms with E-state index in [2.05, 4.69) is 9.47 Å². The van der Waals surface area contributed by atoms with Gasteiger partial charge < -0.3 is 18.8 Å². The van der Waals surface area contributed by atoms with E-state index in [-0.39, 0.29) is 34.6 Å². The third-order valence-electron chi connectivity index (χ3n) is 7.85. The van der Waals surface area contributed by atoms with Crippen LogP contribution in [0.2, 0.25) is 5.02 Å². The second-order valence-electron chi connectivity index (χ2n) is 10.6. The Morgan fingerprint density at radius 3 is 2.71 bits per heavy atom. The van der Waals surface area contributed by atoms with Gasteiger partial charge in [-0.05, 0) is 66.4 Å². The average Bonchev–Trinajstić information content (AvgIpc) is 3.29. The molecule has 3 heterocycles. The summed E-state index contributed by atoms with van der Waals surface area (Å²) in [4.78, 5) is 19.3. The standard InChI is InChI=1S/C31H29ClF3N3O4/c1-40-31(39)19-3-5-26-27(11-19)38(15-23-7-9-41-23)29(36-26)16-37-8-6-18-10-24(30(34)35)28(12-21(18)14-37)42-17-20-2-4-22(32)13-25(20)33/h2-5,10-13,23,30H,6-9,14-17H2,1H3/t23-/m0/s1. The van der Waals surface area contributed by atoms with Crippen LogP contribution in [-0.2, 0) is 42.1 Å². The highest BCUT2D eigenvalue weighted by molar-refractivity contribution is 6.30. The number of methoxy groups -OCH3 is 1. The summed E-state index contributed by atoms with van der Waals surface area (Å²) in [6.45, 7) is 2.79. The first-order valence-corrected chi connectivity index (χ1v) is 14.1. The molecule has 2 aliphatic rings. The minimum atomic E-state index is -2.73. The number of imidazole rings is 1. The number of aromatic nitrogens is 2. The van der Waals surface area contributed by atoms with Gasteiger partial charge in [0, 0.05) is 30.3 Å². The Labute approximate surface area is 245 Å². The predicted octanol–water partition coefficient (Wildman–Crippen LogP) is 6.48. The molecule has 7 nitrogen and oxygen atoms in total. The summed E-state index contributed by atoms with van der Waals surface area (Å²) in [6.07, 6.45) is -1.13. The summed E-state index contributed by atoms with van der Waals surface area (Å²) in [6, 6.07) is 12.6. The van der Waals surface area contributed by atoms with Gasteiger partial charge in [-0.1, -0.05) is 17.7 Å². The lowest BCUT2D eigenvalue weighted by atomic mass is 9.96. The average molecular weight is 600 g/mol. The summed E-state index contributed by atoms with van der Waals surface area (Å²) in [5.74, 6) is -0.118. The summed E-state index contributed by atoms with van der Waals surface area (Å²) < 4.78 is 60.7. The summed E-state index contributed by atoms with van der Waals surface area (Å²) in [7, 11) is 1.35. The van der Waals surface area contributed by atoms with Crippen molar-refractivity contribution in [2.45, 2.75) is 51.6 Å². The lowest BCUT2D eigenvalue weighted by molar-refractivity contribution is -0.0592. The Balaban J connectivity index is 1.25. The number of ether oxygens (including phenoxy) is 3. The molecule has 1 fully saturated rings. The van der Waals surface area contributed by atoms with Crippen LogP contribution in [0.15, 0.2) is 48.5 Å². The molecule has 1 saturated heterocycles. The Hall–Kier alpha value is -3.60. The van der Waals surface area contributed by atoms with Crippen LogP contribution in [-0.4, -0.2) is 46.8 Å². The maximum atomic E-state index is 14.3. The van der Waals surface area contributed by atoms with Crippen molar-refractivity contribution in [1.29, 1.82) is 0 Å². The van der Waals surface area contributed by atoms with Crippen molar-refractivity contribution in [3.8, 4) is 5.75 Å². The van der Waals surface area contributed by atoms with Gasteiger partial charge in [0.25, 0.3) is 6.43 Å². The fourth-order valence-electron chi connectivity index (χ4n) is 5.46. The molecule has 2 aliphatic heterocycles. The van der Waals surface area contributed by atoms with Crippen LogP contribution in [0.1, 0.15) is 51.3 Å². The highest BCUT2D eigenvalue weighted by Gasteiger charge is 2.26. The van der Waals surface area contributed by atoms with Gasteiger partial charge in [-0.25, -0.2) is 22.9 Å². The molecule has 0 bridgehead atoms. The van der Waals surface area contributed by atoms with Gasteiger partial charge in [-0.3, -0.25) is 4.90 Å². The van der Waals surface area contributed by atoms with Crippen molar-refractivity contribution in [2.75, 3.05) is 20.3 Å². The van der Waals surface area contributed by atoms with Crippen LogP contribution >= 0.6 is 11.6 Å². The van der Waals surface area contributed by atoms with E-state index in [4.69, 9.17) is 30.8 Å². The first-order valence-electron chi connectivity index (χ1n) is 13.7. The van der Waals surface area contributed by atoms with Crippen molar-refractivity contribution in [2.24, 2.45) is 0 Å². The second-order valence-corrected chi connectivity index (χ2v) is 11.0. The normalized spacial score (nSPS) is 16.9. The molecule has 0 saturated carbocycles. The van der Waals surface area contributed by atoms with Crippen molar-refractivity contribution in [1.82, 2.24) is 14.5 Å². The first kappa shape index (κ1) is 28.5. The fraction of sp³-hybridized carbons (Fsp3) is 0.355. The van der Waals surface area contributed by atoms with Crippen molar-refractivity contribution >= 4 is 28.6 Å². The number of hydrogen-bond donors (Lipinski definition) is 0. The quantitative estimate of drug-likeness (QED) is 0.205. The van der Waals surface area contributed by atoms with Gasteiger partial charge in [0.2, 0.25) is 0 Å². The molecule has 0 radical (unpaired) electrons. The maximum absolute atomic E-state index is 14.3. The minimum Gasteiger partial charge on any atom is -0.488 e. The van der Waals surface area contributed by atoms with Crippen molar-refractivity contribution in [3.05, 3.63) is 93.0 Å². The molecule has 1 atom stereocenters. The van der Waals surface area contributed by atoms with Gasteiger partial charge >= 0.3 is 5.97 Å². The van der Waals surface area contributed by atoms with E-state index in [1.807, 2.05) is 6.07 Å². The lowest BCUT2D eigenvalue weighted by Gasteiger charge is -2.31. The smallest absolute Gasteiger partial charge is 0.337 e. The van der Waals surface area contributed by atoms with E-state index >= 15 is 0 Å². The van der Waals surface area contributed by atoms with E-state index in [9.17, 15) is 18.0 Å². The van der Waals surface area contributed by atoms with E-state index in [0.29, 0.717) is 38.2 Å². The molecule has 0 aliphatic carbocycles. The number of rotatable bonds is 9. The third-order valence-corrected chi connectivity index (χ3v) is 8.08. The Kier molecular flexibility index (Phi) is 8.11. The summed E-state index contributed by atoms with van der Waals surface area (Å²) >= 11 is 5.83. The monoisotopic (exact) mass is 599 g/mol. The number of esters is 1. The Morgan fingerprint density at radius 1 is 1.17 bits per heavy atom. The third kappa shape index (κ3) is 5.84. The molecular weight excluding hydrogens is 571 g/mol. The molecule has 0 amide bonds. The molecule has 0 unspecified atom stereocenters. The molecule has 0 N–H and O–H groups in total. The number of hydrogen-bond acceptors (Lipinski definition) is 6. The molecule has 4 aromatic rings. The van der Waals surface area contributed by atoms with Gasteiger partial charge in [-0.2, -0.15) is 0 Å². The molecular formula is C31H29ClF3N3O4. The second kappa shape index (κ2) is 11.9. The zero-order valence-corrected chi connectivity index (χ0v) is 23.7. The van der Waals surface area contributed by atoms with Gasteiger partial charge in [-0.15, -0.1) is 0 Å². The topological polar surface area (TPSA) is 65.8 Å². The predicted molar refractivity (Wildman–Crippen MR) is 150 cm³/mol. The number of carbonyl (C=O) groups excluding carboxylic acids is 1. The molecule has 220 valence electrons. The van der Waals surface area contributed by atoms with E-state index in [0.717, 1.165) is 41.0 Å². The zero-order chi connectivity index (χ0) is 29.4. The number of fused-ring (bicyclic) bond motifs is 2. The summed E-state index contributed by atoms with van der Waals surface area (Å²) in [5, 5.41) is 0.246. The molecule has 1 aromatic heterocycles. The highest BCUT2D eigenvalue weighted by atomic mass is 35.5. The van der Waals surface area contributed by atoms with E-state index < -0.39 is 18.2 Å². The van der Waals surface area contributed by atoms with Crippen LogP contribution in [0.5, 0.6) is 5.75 Å². The van der Waals surface area contributed by atoms with Crippen molar-refractivity contribution < 1.29 is 32.2 Å². The molecule has 3 aromatic carbocycles. The molecule has 11 heteroatoms. The van der Waals surface area contributed by atoms with Gasteiger partial charge in [0.05, 0.1) is 48.5 Å². The largest absolute Gasteiger partial charge is 0.488 e. The number of alkyl halides is 2. The lowest BCUT2D eigenvalue weighted by Crippen LogP contribution is -2.34. The number of benzene rings is 3. The van der Waals surface area contributed by atoms with Gasteiger partial charge in [0.15, 0.2) is 0 Å². The van der Waals surface area contributed by atoms with E-state index in [1.54, 1.807) is 18.2 Å². The van der Waals surface area contributed by atoms with Gasteiger partial charge in [0.1, 0.15) is 24.0 Å². The van der Waals surface area contributed by atoms with Crippen LogP contribution in [0.3, 0.4) is 0 Å². The number of carbonyl (C=O) groups is 1. The molecule has 6 rings (SSSR count). The zero-order valence-electron chi connectivity index (χ0n) is 22.9. The molecule has 42 heavy (non-hydrogen) atoms.